The number of nitrogens with zero attached hydrogens (tertiary/aromatic N) is 3. The molecule has 1 aromatic heterocycles. The summed E-state index contributed by atoms with van der Waals surface area (Å²) >= 11 is 0. The molecule has 0 N–H and O–H groups in total. The molecule has 0 bridgehead atoms. The fourth-order valence-electron chi connectivity index (χ4n) is 3.14. The third-order valence-corrected chi connectivity index (χ3v) is 4.32. The number of morpholine rings is 1. The van der Waals surface area contributed by atoms with Gasteiger partial charge in [0, 0.05) is 30.4 Å². The second kappa shape index (κ2) is 6.21. The highest BCUT2D eigenvalue weighted by Crippen LogP contribution is 2.34. The van der Waals surface area contributed by atoms with Gasteiger partial charge in [0.15, 0.2) is 0 Å². The maximum atomic E-state index is 5.42. The van der Waals surface area contributed by atoms with Crippen molar-refractivity contribution in [2.24, 2.45) is 4.99 Å². The van der Waals surface area contributed by atoms with Crippen molar-refractivity contribution in [2.45, 2.75) is 13.8 Å². The van der Waals surface area contributed by atoms with Crippen molar-refractivity contribution < 1.29 is 4.74 Å². The zero-order valence-corrected chi connectivity index (χ0v) is 14.1. The molecule has 2 aliphatic rings. The van der Waals surface area contributed by atoms with Crippen LogP contribution in [0.2, 0.25) is 0 Å². The third kappa shape index (κ3) is 2.85. The first-order valence-corrected chi connectivity index (χ1v) is 8.38. The molecular weight excluding hydrogens is 298 g/mol. The van der Waals surface area contributed by atoms with Gasteiger partial charge in [-0.05, 0) is 43.7 Å². The van der Waals surface area contributed by atoms with Crippen LogP contribution in [-0.4, -0.2) is 37.0 Å². The molecule has 0 atom stereocenters. The highest BCUT2D eigenvalue weighted by atomic mass is 16.5. The average molecular weight is 319 g/mol. The molecule has 0 unspecified atom stereocenters. The minimum absolute atomic E-state index is 0.766. The first-order valence-electron chi connectivity index (χ1n) is 8.38. The van der Waals surface area contributed by atoms with Gasteiger partial charge in [0.25, 0.3) is 0 Å². The zero-order valence-electron chi connectivity index (χ0n) is 14.1. The fraction of sp³-hybridized carbons (Fsp3) is 0.300. The van der Waals surface area contributed by atoms with E-state index in [1.54, 1.807) is 0 Å². The van der Waals surface area contributed by atoms with Gasteiger partial charge in [-0.2, -0.15) is 0 Å². The normalized spacial score (nSPS) is 16.1. The lowest BCUT2D eigenvalue weighted by molar-refractivity contribution is 0.122. The van der Waals surface area contributed by atoms with E-state index < -0.39 is 0 Å². The van der Waals surface area contributed by atoms with Crippen LogP contribution in [0.1, 0.15) is 30.5 Å². The van der Waals surface area contributed by atoms with E-state index in [9.17, 15) is 0 Å². The topological polar surface area (TPSA) is 37.7 Å². The van der Waals surface area contributed by atoms with E-state index in [1.165, 1.54) is 16.7 Å². The average Bonchev–Trinajstić information content (AvgIpc) is 2.58. The number of hydrogen-bond acceptors (Lipinski definition) is 4. The number of allylic oxidation sites excluding steroid dienone is 1. The maximum Gasteiger partial charge on any atom is 0.129 e. The second-order valence-electron chi connectivity index (χ2n) is 6.46. The number of rotatable bonds is 3. The fourth-order valence-corrected chi connectivity index (χ4v) is 3.14. The van der Waals surface area contributed by atoms with Crippen molar-refractivity contribution >= 4 is 23.3 Å². The molecule has 1 saturated heterocycles. The van der Waals surface area contributed by atoms with Crippen LogP contribution in [0.15, 0.2) is 47.1 Å². The summed E-state index contributed by atoms with van der Waals surface area (Å²) in [6.07, 6.45) is 4.07. The summed E-state index contributed by atoms with van der Waals surface area (Å²) in [5.74, 6) is 1.01. The molecule has 0 amide bonds. The van der Waals surface area contributed by atoms with Gasteiger partial charge in [0.1, 0.15) is 5.82 Å². The molecule has 0 aliphatic carbocycles. The number of pyridine rings is 1. The van der Waals surface area contributed by atoms with E-state index in [2.05, 4.69) is 59.1 Å². The van der Waals surface area contributed by atoms with E-state index in [-0.39, 0.29) is 0 Å². The van der Waals surface area contributed by atoms with Crippen molar-refractivity contribution in [1.29, 1.82) is 0 Å². The van der Waals surface area contributed by atoms with Gasteiger partial charge in [0.2, 0.25) is 0 Å². The van der Waals surface area contributed by atoms with Gasteiger partial charge < -0.3 is 9.64 Å². The number of ether oxygens (including phenoxy) is 1. The first kappa shape index (κ1) is 15.1. The summed E-state index contributed by atoms with van der Waals surface area (Å²) < 4.78 is 5.42. The highest BCUT2D eigenvalue weighted by molar-refractivity contribution is 6.22. The maximum absolute atomic E-state index is 5.42. The van der Waals surface area contributed by atoms with Crippen LogP contribution in [0.5, 0.6) is 0 Å². The quantitative estimate of drug-likeness (QED) is 0.736. The van der Waals surface area contributed by atoms with E-state index >= 15 is 0 Å². The minimum atomic E-state index is 0.766. The van der Waals surface area contributed by atoms with Gasteiger partial charge in [-0.3, -0.25) is 0 Å². The van der Waals surface area contributed by atoms with E-state index in [4.69, 9.17) is 4.74 Å². The minimum Gasteiger partial charge on any atom is -0.378 e. The van der Waals surface area contributed by atoms with Gasteiger partial charge in [-0.15, -0.1) is 0 Å². The Hall–Kier alpha value is -2.46. The SMILES string of the molecule is CC(C)=Cc1ccc2c(c1)C(c1ccnc(N3CCOCC3)c1)=N2. The van der Waals surface area contributed by atoms with Gasteiger partial charge >= 0.3 is 0 Å². The van der Waals surface area contributed by atoms with Crippen LogP contribution < -0.4 is 4.90 Å². The van der Waals surface area contributed by atoms with Gasteiger partial charge in [-0.25, -0.2) is 9.98 Å². The van der Waals surface area contributed by atoms with Crippen LogP contribution >= 0.6 is 0 Å². The molecule has 4 rings (SSSR count). The Bertz CT molecular complexity index is 829. The molecule has 3 heterocycles. The largest absolute Gasteiger partial charge is 0.378 e. The predicted octanol–water partition coefficient (Wildman–Crippen LogP) is 3.82. The van der Waals surface area contributed by atoms with E-state index in [0.29, 0.717) is 0 Å². The number of anilines is 1. The van der Waals surface area contributed by atoms with Crippen LogP contribution in [0.3, 0.4) is 0 Å². The molecule has 24 heavy (non-hydrogen) atoms. The van der Waals surface area contributed by atoms with Crippen molar-refractivity contribution in [1.82, 2.24) is 4.98 Å². The van der Waals surface area contributed by atoms with E-state index in [0.717, 1.165) is 49.1 Å². The molecule has 0 radical (unpaired) electrons. The summed E-state index contributed by atoms with van der Waals surface area (Å²) in [5, 5.41) is 0. The molecule has 4 heteroatoms. The predicted molar refractivity (Wildman–Crippen MR) is 98.3 cm³/mol. The van der Waals surface area contributed by atoms with Crippen LogP contribution in [0.25, 0.3) is 6.08 Å². The molecule has 0 saturated carbocycles. The summed E-state index contributed by atoms with van der Waals surface area (Å²) in [6.45, 7) is 7.55. The highest BCUT2D eigenvalue weighted by Gasteiger charge is 2.22. The zero-order chi connectivity index (χ0) is 16.5. The lowest BCUT2D eigenvalue weighted by Gasteiger charge is -2.28. The lowest BCUT2D eigenvalue weighted by atomic mass is 9.94. The standard InChI is InChI=1S/C20H21N3O/c1-14(2)11-15-3-4-18-17(12-15)20(22-18)16-5-6-21-19(13-16)23-7-9-24-10-8-23/h3-6,11-13H,7-10H2,1-2H3. The van der Waals surface area contributed by atoms with Crippen LogP contribution in [-0.2, 0) is 4.74 Å². The number of hydrogen-bond donors (Lipinski definition) is 0. The Morgan fingerprint density at radius 1 is 1.12 bits per heavy atom. The number of fused-ring (bicyclic) bond motifs is 1. The molecular formula is C20H21N3O. The Morgan fingerprint density at radius 2 is 1.96 bits per heavy atom. The summed E-state index contributed by atoms with van der Waals surface area (Å²) in [5.41, 5.74) is 7.01. The Balaban J connectivity index is 1.62. The molecule has 2 aliphatic heterocycles. The van der Waals surface area contributed by atoms with Crippen molar-refractivity contribution in [2.75, 3.05) is 31.2 Å². The first-order chi connectivity index (χ1) is 11.7. The molecule has 0 spiro atoms. The molecule has 2 aromatic rings. The smallest absolute Gasteiger partial charge is 0.129 e. The second-order valence-corrected chi connectivity index (χ2v) is 6.46. The Morgan fingerprint density at radius 3 is 2.75 bits per heavy atom. The molecule has 122 valence electrons. The summed E-state index contributed by atoms with van der Waals surface area (Å²) in [7, 11) is 0. The molecule has 1 aromatic carbocycles. The van der Waals surface area contributed by atoms with Crippen molar-refractivity contribution in [3.8, 4) is 0 Å². The van der Waals surface area contributed by atoms with Crippen molar-refractivity contribution in [3.05, 3.63) is 58.8 Å². The lowest BCUT2D eigenvalue weighted by Crippen LogP contribution is -2.36. The van der Waals surface area contributed by atoms with Crippen LogP contribution in [0.4, 0.5) is 11.5 Å². The number of aromatic nitrogens is 1. The molecule has 1 fully saturated rings. The number of benzene rings is 1. The Labute approximate surface area is 142 Å². The van der Waals surface area contributed by atoms with E-state index in [1.807, 2.05) is 12.3 Å². The van der Waals surface area contributed by atoms with Gasteiger partial charge in [0.05, 0.1) is 24.6 Å². The van der Waals surface area contributed by atoms with Crippen molar-refractivity contribution in [3.63, 3.8) is 0 Å². The van der Waals surface area contributed by atoms with Gasteiger partial charge in [-0.1, -0.05) is 17.7 Å². The summed E-state index contributed by atoms with van der Waals surface area (Å²) in [4.78, 5) is 11.5. The number of aliphatic imine (C=N–C) groups is 1. The third-order valence-electron chi connectivity index (χ3n) is 4.32. The summed E-state index contributed by atoms with van der Waals surface area (Å²) in [6, 6.07) is 10.6. The molecule has 4 nitrogen and oxygen atoms in total. The Kier molecular flexibility index (Phi) is 3.90. The monoisotopic (exact) mass is 319 g/mol. The van der Waals surface area contributed by atoms with Crippen LogP contribution in [0, 0.1) is 0 Å².